The molecular formula is C17H27NO. The highest BCUT2D eigenvalue weighted by molar-refractivity contribution is 5.28. The molecular weight excluding hydrogens is 234 g/mol. The number of hydrogen-bond acceptors (Lipinski definition) is 2. The molecule has 1 aromatic rings. The summed E-state index contributed by atoms with van der Waals surface area (Å²) in [6.07, 6.45) is 6.19. The van der Waals surface area contributed by atoms with Gasteiger partial charge >= 0.3 is 0 Å². The minimum Gasteiger partial charge on any atom is -0.396 e. The zero-order valence-electron chi connectivity index (χ0n) is 12.3. The van der Waals surface area contributed by atoms with Gasteiger partial charge in [0.2, 0.25) is 0 Å². The fourth-order valence-corrected chi connectivity index (χ4v) is 3.24. The summed E-state index contributed by atoms with van der Waals surface area (Å²) in [5, 5.41) is 13.4. The molecule has 2 rings (SSSR count). The van der Waals surface area contributed by atoms with E-state index in [4.69, 9.17) is 0 Å². The smallest absolute Gasteiger partial charge is 0.0499 e. The number of rotatable bonds is 5. The lowest BCUT2D eigenvalue weighted by Gasteiger charge is -2.37. The van der Waals surface area contributed by atoms with E-state index in [9.17, 15) is 5.11 Å². The minimum atomic E-state index is 0.120. The van der Waals surface area contributed by atoms with Gasteiger partial charge in [0.25, 0.3) is 0 Å². The van der Waals surface area contributed by atoms with Gasteiger partial charge in [0.15, 0.2) is 0 Å². The Bertz CT molecular complexity index is 396. The minimum absolute atomic E-state index is 0.120. The fourth-order valence-electron chi connectivity index (χ4n) is 3.24. The number of hydrogen-bond donors (Lipinski definition) is 2. The molecule has 0 aliphatic heterocycles. The van der Waals surface area contributed by atoms with Gasteiger partial charge in [0.1, 0.15) is 0 Å². The highest BCUT2D eigenvalue weighted by Crippen LogP contribution is 2.35. The van der Waals surface area contributed by atoms with Crippen LogP contribution in [0.5, 0.6) is 0 Å². The number of benzene rings is 1. The maximum atomic E-state index is 9.74. The van der Waals surface area contributed by atoms with Crippen molar-refractivity contribution >= 4 is 0 Å². The summed E-state index contributed by atoms with van der Waals surface area (Å²) in [5.74, 6) is 0. The van der Waals surface area contributed by atoms with E-state index < -0.39 is 0 Å². The van der Waals surface area contributed by atoms with Crippen molar-refractivity contribution in [1.29, 1.82) is 0 Å². The summed E-state index contributed by atoms with van der Waals surface area (Å²) in [5.41, 5.74) is 2.82. The maximum Gasteiger partial charge on any atom is 0.0499 e. The first kappa shape index (κ1) is 14.5. The van der Waals surface area contributed by atoms with Gasteiger partial charge in [-0.3, -0.25) is 0 Å². The quantitative estimate of drug-likeness (QED) is 0.849. The second-order valence-corrected chi connectivity index (χ2v) is 6.18. The molecule has 0 unspecified atom stereocenters. The van der Waals surface area contributed by atoms with Crippen LogP contribution in [0.15, 0.2) is 24.3 Å². The van der Waals surface area contributed by atoms with E-state index in [-0.39, 0.29) is 5.41 Å². The summed E-state index contributed by atoms with van der Waals surface area (Å²) in [6.45, 7) is 5.63. The van der Waals surface area contributed by atoms with Gasteiger partial charge in [0, 0.05) is 24.6 Å². The average Bonchev–Trinajstić information content (AvgIpc) is 2.46. The SMILES string of the molecule is Cc1ccccc1[C@@H](C)NCC1(CO)CCCCC1. The molecule has 2 heteroatoms. The second-order valence-electron chi connectivity index (χ2n) is 6.18. The van der Waals surface area contributed by atoms with Gasteiger partial charge in [-0.15, -0.1) is 0 Å². The van der Waals surface area contributed by atoms with Crippen LogP contribution in [0.25, 0.3) is 0 Å². The van der Waals surface area contributed by atoms with Crippen LogP contribution < -0.4 is 5.32 Å². The average molecular weight is 261 g/mol. The van der Waals surface area contributed by atoms with E-state index in [0.717, 1.165) is 19.4 Å². The van der Waals surface area contributed by atoms with Crippen molar-refractivity contribution in [1.82, 2.24) is 5.32 Å². The first-order chi connectivity index (χ1) is 9.17. The van der Waals surface area contributed by atoms with E-state index in [1.165, 1.54) is 30.4 Å². The Morgan fingerprint density at radius 1 is 1.21 bits per heavy atom. The monoisotopic (exact) mass is 261 g/mol. The van der Waals surface area contributed by atoms with Gasteiger partial charge in [0.05, 0.1) is 0 Å². The van der Waals surface area contributed by atoms with Crippen LogP contribution in [-0.2, 0) is 0 Å². The molecule has 1 aliphatic rings. The third-order valence-corrected chi connectivity index (χ3v) is 4.69. The summed E-state index contributed by atoms with van der Waals surface area (Å²) >= 11 is 0. The van der Waals surface area contributed by atoms with Crippen molar-refractivity contribution in [2.45, 2.75) is 52.0 Å². The fraction of sp³-hybridized carbons (Fsp3) is 0.647. The lowest BCUT2D eigenvalue weighted by molar-refractivity contribution is 0.0788. The van der Waals surface area contributed by atoms with E-state index in [1.807, 2.05) is 0 Å². The van der Waals surface area contributed by atoms with Crippen LogP contribution in [0.3, 0.4) is 0 Å². The number of aliphatic hydroxyl groups excluding tert-OH is 1. The van der Waals surface area contributed by atoms with Gasteiger partial charge < -0.3 is 10.4 Å². The molecule has 0 aromatic heterocycles. The Kier molecular flexibility index (Phi) is 5.00. The predicted molar refractivity (Wildman–Crippen MR) is 80.2 cm³/mol. The van der Waals surface area contributed by atoms with Crippen LogP contribution in [0.4, 0.5) is 0 Å². The molecule has 2 N–H and O–H groups in total. The van der Waals surface area contributed by atoms with Gasteiger partial charge in [-0.1, -0.05) is 43.5 Å². The molecule has 0 radical (unpaired) electrons. The zero-order valence-corrected chi connectivity index (χ0v) is 12.3. The second kappa shape index (κ2) is 6.53. The number of nitrogens with one attached hydrogen (secondary N) is 1. The molecule has 1 aromatic carbocycles. The van der Waals surface area contributed by atoms with Crippen molar-refractivity contribution in [3.8, 4) is 0 Å². The van der Waals surface area contributed by atoms with E-state index >= 15 is 0 Å². The molecule has 1 atom stereocenters. The third kappa shape index (κ3) is 3.58. The van der Waals surface area contributed by atoms with Crippen molar-refractivity contribution in [3.05, 3.63) is 35.4 Å². The normalized spacial score (nSPS) is 20.2. The lowest BCUT2D eigenvalue weighted by atomic mass is 9.74. The molecule has 0 bridgehead atoms. The molecule has 19 heavy (non-hydrogen) atoms. The standard InChI is InChI=1S/C17H27NO/c1-14-8-4-5-9-16(14)15(2)18-12-17(13-19)10-6-3-7-11-17/h4-5,8-9,15,18-19H,3,6-7,10-13H2,1-2H3/t15-/m1/s1. The van der Waals surface area contributed by atoms with Gasteiger partial charge in [-0.05, 0) is 37.8 Å². The Balaban J connectivity index is 1.95. The molecule has 106 valence electrons. The van der Waals surface area contributed by atoms with E-state index in [0.29, 0.717) is 12.6 Å². The lowest BCUT2D eigenvalue weighted by Crippen LogP contribution is -2.40. The molecule has 0 heterocycles. The van der Waals surface area contributed by atoms with Gasteiger partial charge in [-0.25, -0.2) is 0 Å². The molecule has 1 saturated carbocycles. The van der Waals surface area contributed by atoms with Crippen LogP contribution in [0.1, 0.15) is 56.2 Å². The highest BCUT2D eigenvalue weighted by Gasteiger charge is 2.31. The maximum absolute atomic E-state index is 9.74. The molecule has 0 saturated heterocycles. The Morgan fingerprint density at radius 2 is 1.89 bits per heavy atom. The first-order valence-corrected chi connectivity index (χ1v) is 7.57. The van der Waals surface area contributed by atoms with Crippen LogP contribution in [0, 0.1) is 12.3 Å². The molecule has 1 aliphatic carbocycles. The topological polar surface area (TPSA) is 32.3 Å². The van der Waals surface area contributed by atoms with Crippen LogP contribution >= 0.6 is 0 Å². The molecule has 0 spiro atoms. The summed E-state index contributed by atoms with van der Waals surface area (Å²) in [7, 11) is 0. The van der Waals surface area contributed by atoms with Crippen molar-refractivity contribution in [3.63, 3.8) is 0 Å². The summed E-state index contributed by atoms with van der Waals surface area (Å²) in [4.78, 5) is 0. The van der Waals surface area contributed by atoms with E-state index in [1.54, 1.807) is 0 Å². The Labute approximate surface area is 117 Å². The van der Waals surface area contributed by atoms with Crippen molar-refractivity contribution < 1.29 is 5.11 Å². The summed E-state index contributed by atoms with van der Waals surface area (Å²) in [6, 6.07) is 8.90. The van der Waals surface area contributed by atoms with Crippen molar-refractivity contribution in [2.75, 3.05) is 13.2 Å². The largest absolute Gasteiger partial charge is 0.396 e. The molecule has 0 amide bonds. The number of aliphatic hydroxyl groups is 1. The van der Waals surface area contributed by atoms with Crippen LogP contribution in [-0.4, -0.2) is 18.3 Å². The highest BCUT2D eigenvalue weighted by atomic mass is 16.3. The summed E-state index contributed by atoms with van der Waals surface area (Å²) < 4.78 is 0. The first-order valence-electron chi connectivity index (χ1n) is 7.57. The zero-order chi connectivity index (χ0) is 13.7. The van der Waals surface area contributed by atoms with Crippen molar-refractivity contribution in [2.24, 2.45) is 5.41 Å². The Morgan fingerprint density at radius 3 is 2.53 bits per heavy atom. The third-order valence-electron chi connectivity index (χ3n) is 4.69. The molecule has 1 fully saturated rings. The molecule has 2 nitrogen and oxygen atoms in total. The van der Waals surface area contributed by atoms with Gasteiger partial charge in [-0.2, -0.15) is 0 Å². The predicted octanol–water partition coefficient (Wildman–Crippen LogP) is 3.59. The Hall–Kier alpha value is -0.860. The van der Waals surface area contributed by atoms with E-state index in [2.05, 4.69) is 43.4 Å². The number of aryl methyl sites for hydroxylation is 1. The van der Waals surface area contributed by atoms with Crippen LogP contribution in [0.2, 0.25) is 0 Å².